The highest BCUT2D eigenvalue weighted by molar-refractivity contribution is 7.13. The van der Waals surface area contributed by atoms with Crippen molar-refractivity contribution in [2.24, 2.45) is 0 Å². The van der Waals surface area contributed by atoms with Crippen LogP contribution in [0.5, 0.6) is 0 Å². The van der Waals surface area contributed by atoms with E-state index in [1.165, 1.54) is 21.6 Å². The molecule has 1 aromatic carbocycles. The molecule has 0 unspecified atom stereocenters. The fourth-order valence-electron chi connectivity index (χ4n) is 2.22. The van der Waals surface area contributed by atoms with Gasteiger partial charge in [0, 0.05) is 18.0 Å². The van der Waals surface area contributed by atoms with Crippen LogP contribution in [-0.2, 0) is 0 Å². The molecule has 1 nitrogen and oxygen atoms in total. The minimum atomic E-state index is 0.869. The molecule has 1 aromatic heterocycles. The Labute approximate surface area is 106 Å². The fourth-order valence-corrected chi connectivity index (χ4v) is 2.99. The number of benzene rings is 1. The van der Waals surface area contributed by atoms with Gasteiger partial charge in [-0.1, -0.05) is 36.4 Å². The largest absolute Gasteiger partial charge is 0.237 e. The van der Waals surface area contributed by atoms with Crippen molar-refractivity contribution in [2.45, 2.75) is 6.42 Å². The van der Waals surface area contributed by atoms with Crippen LogP contribution in [0.25, 0.3) is 16.0 Å². The second-order valence-electron chi connectivity index (χ2n) is 4.13. The van der Waals surface area contributed by atoms with E-state index in [-0.39, 0.29) is 0 Å². The molecular formula is C15H14NS. The lowest BCUT2D eigenvalue weighted by Crippen LogP contribution is -2.13. The van der Waals surface area contributed by atoms with Gasteiger partial charge in [0.1, 0.15) is 0 Å². The van der Waals surface area contributed by atoms with Gasteiger partial charge in [0.05, 0.1) is 0 Å². The third-order valence-corrected chi connectivity index (χ3v) is 3.97. The SMILES string of the molecule is C1=C(c2ccccc2-c2cccs2)CC[N]C1. The van der Waals surface area contributed by atoms with E-state index in [1.807, 2.05) is 0 Å². The molecule has 0 amide bonds. The molecular weight excluding hydrogens is 226 g/mol. The van der Waals surface area contributed by atoms with Crippen LogP contribution in [0.1, 0.15) is 12.0 Å². The van der Waals surface area contributed by atoms with Crippen molar-refractivity contribution in [3.8, 4) is 10.4 Å². The molecule has 85 valence electrons. The summed E-state index contributed by atoms with van der Waals surface area (Å²) in [4.78, 5) is 1.35. The highest BCUT2D eigenvalue weighted by Gasteiger charge is 2.11. The van der Waals surface area contributed by atoms with E-state index in [9.17, 15) is 0 Å². The fraction of sp³-hybridized carbons (Fsp3) is 0.200. The van der Waals surface area contributed by atoms with Crippen LogP contribution in [-0.4, -0.2) is 13.1 Å². The van der Waals surface area contributed by atoms with E-state index >= 15 is 0 Å². The summed E-state index contributed by atoms with van der Waals surface area (Å²) in [6, 6.07) is 13.0. The smallest absolute Gasteiger partial charge is 0.0348 e. The predicted molar refractivity (Wildman–Crippen MR) is 74.2 cm³/mol. The lowest BCUT2D eigenvalue weighted by Gasteiger charge is -2.16. The van der Waals surface area contributed by atoms with Gasteiger partial charge in [0.25, 0.3) is 0 Å². The highest BCUT2D eigenvalue weighted by atomic mass is 32.1. The second kappa shape index (κ2) is 4.86. The zero-order valence-corrected chi connectivity index (χ0v) is 10.4. The summed E-state index contributed by atoms with van der Waals surface area (Å²) in [6.45, 7) is 1.83. The molecule has 0 bridgehead atoms. The first kappa shape index (κ1) is 10.8. The van der Waals surface area contributed by atoms with Crippen LogP contribution in [0.3, 0.4) is 0 Å². The van der Waals surface area contributed by atoms with Crippen LogP contribution in [0, 0.1) is 0 Å². The highest BCUT2D eigenvalue weighted by Crippen LogP contribution is 2.33. The molecule has 1 radical (unpaired) electrons. The first-order chi connectivity index (χ1) is 8.45. The van der Waals surface area contributed by atoms with Crippen molar-refractivity contribution in [3.05, 3.63) is 53.4 Å². The monoisotopic (exact) mass is 240 g/mol. The van der Waals surface area contributed by atoms with Gasteiger partial charge in [0.15, 0.2) is 0 Å². The van der Waals surface area contributed by atoms with E-state index in [4.69, 9.17) is 0 Å². The van der Waals surface area contributed by atoms with Gasteiger partial charge < -0.3 is 0 Å². The Hall–Kier alpha value is -1.38. The molecule has 0 fully saturated rings. The van der Waals surface area contributed by atoms with Crippen LogP contribution in [0.4, 0.5) is 0 Å². The normalized spacial score (nSPS) is 15.6. The summed E-state index contributed by atoms with van der Waals surface area (Å²) in [5.41, 5.74) is 4.18. The third-order valence-electron chi connectivity index (χ3n) is 3.07. The average molecular weight is 240 g/mol. The summed E-state index contributed by atoms with van der Waals surface area (Å²) in [7, 11) is 0. The molecule has 0 atom stereocenters. The Morgan fingerprint density at radius 3 is 2.59 bits per heavy atom. The number of thiophene rings is 1. The van der Waals surface area contributed by atoms with Gasteiger partial charge in [0.2, 0.25) is 0 Å². The molecule has 0 spiro atoms. The molecule has 3 rings (SSSR count). The summed E-state index contributed by atoms with van der Waals surface area (Å²) in [5.74, 6) is 0. The minimum Gasteiger partial charge on any atom is -0.237 e. The molecule has 2 heteroatoms. The zero-order valence-electron chi connectivity index (χ0n) is 9.60. The van der Waals surface area contributed by atoms with E-state index in [1.54, 1.807) is 11.3 Å². The van der Waals surface area contributed by atoms with Crippen molar-refractivity contribution in [2.75, 3.05) is 13.1 Å². The maximum absolute atomic E-state index is 4.37. The third kappa shape index (κ3) is 2.19. The van der Waals surface area contributed by atoms with Gasteiger partial charge in [-0.25, -0.2) is 5.32 Å². The van der Waals surface area contributed by atoms with Gasteiger partial charge in [-0.2, -0.15) is 0 Å². The Bertz CT molecular complexity index is 526. The van der Waals surface area contributed by atoms with E-state index in [2.05, 4.69) is 53.2 Å². The van der Waals surface area contributed by atoms with E-state index in [0.29, 0.717) is 0 Å². The number of nitrogens with zero attached hydrogens (tertiary/aromatic N) is 1. The topological polar surface area (TPSA) is 14.1 Å². The van der Waals surface area contributed by atoms with Crippen LogP contribution >= 0.6 is 11.3 Å². The maximum Gasteiger partial charge on any atom is 0.0348 e. The van der Waals surface area contributed by atoms with Crippen molar-refractivity contribution < 1.29 is 0 Å². The molecule has 1 aliphatic rings. The molecule has 0 saturated carbocycles. The Morgan fingerprint density at radius 2 is 1.88 bits per heavy atom. The van der Waals surface area contributed by atoms with Crippen LogP contribution in [0.2, 0.25) is 0 Å². The number of hydrogen-bond donors (Lipinski definition) is 0. The molecule has 17 heavy (non-hydrogen) atoms. The standard InChI is InChI=1S/C15H14NS/c1-2-5-14(15-6-3-11-17-15)13(4-1)12-7-9-16-10-8-12/h1-7,11H,8-10H2. The van der Waals surface area contributed by atoms with Gasteiger partial charge in [-0.3, -0.25) is 0 Å². The number of rotatable bonds is 2. The first-order valence-electron chi connectivity index (χ1n) is 5.91. The molecule has 2 heterocycles. The summed E-state index contributed by atoms with van der Waals surface area (Å²) in [5, 5.41) is 6.51. The molecule has 0 N–H and O–H groups in total. The molecule has 1 aliphatic heterocycles. The van der Waals surface area contributed by atoms with Crippen molar-refractivity contribution in [3.63, 3.8) is 0 Å². The quantitative estimate of drug-likeness (QED) is 0.758. The van der Waals surface area contributed by atoms with Crippen molar-refractivity contribution in [1.29, 1.82) is 0 Å². The van der Waals surface area contributed by atoms with Crippen LogP contribution < -0.4 is 5.32 Å². The Balaban J connectivity index is 2.07. The van der Waals surface area contributed by atoms with E-state index in [0.717, 1.165) is 19.5 Å². The van der Waals surface area contributed by atoms with Crippen molar-refractivity contribution >= 4 is 16.9 Å². The minimum absolute atomic E-state index is 0.869. The summed E-state index contributed by atoms with van der Waals surface area (Å²) >= 11 is 1.80. The molecule has 0 saturated heterocycles. The predicted octanol–water partition coefficient (Wildman–Crippen LogP) is 3.81. The summed E-state index contributed by atoms with van der Waals surface area (Å²) < 4.78 is 0. The molecule has 2 aromatic rings. The summed E-state index contributed by atoms with van der Waals surface area (Å²) in [6.07, 6.45) is 3.33. The van der Waals surface area contributed by atoms with Crippen LogP contribution in [0.15, 0.2) is 47.9 Å². The second-order valence-corrected chi connectivity index (χ2v) is 5.08. The average Bonchev–Trinajstić information content (AvgIpc) is 2.94. The maximum atomic E-state index is 4.37. The van der Waals surface area contributed by atoms with Gasteiger partial charge in [-0.05, 0) is 34.6 Å². The Kier molecular flexibility index (Phi) is 3.08. The van der Waals surface area contributed by atoms with E-state index < -0.39 is 0 Å². The Morgan fingerprint density at radius 1 is 1.00 bits per heavy atom. The van der Waals surface area contributed by atoms with Gasteiger partial charge in [-0.15, -0.1) is 11.3 Å². The zero-order chi connectivity index (χ0) is 11.5. The lowest BCUT2D eigenvalue weighted by atomic mass is 9.95. The van der Waals surface area contributed by atoms with Gasteiger partial charge >= 0.3 is 0 Å². The lowest BCUT2D eigenvalue weighted by molar-refractivity contribution is 0.723. The number of hydrogen-bond acceptors (Lipinski definition) is 1. The van der Waals surface area contributed by atoms with Crippen molar-refractivity contribution in [1.82, 2.24) is 5.32 Å². The molecule has 0 aliphatic carbocycles. The first-order valence-corrected chi connectivity index (χ1v) is 6.79.